The zero-order chi connectivity index (χ0) is 32.1. The molecule has 1 heterocycles. The first-order valence-corrected chi connectivity index (χ1v) is 15.6. The van der Waals surface area contributed by atoms with Crippen LogP contribution in [0.1, 0.15) is 53.6 Å². The summed E-state index contributed by atoms with van der Waals surface area (Å²) in [7, 11) is 0. The number of anilines is 1. The molecule has 0 saturated carbocycles. The van der Waals surface area contributed by atoms with E-state index in [2.05, 4.69) is 64.1 Å². The summed E-state index contributed by atoms with van der Waals surface area (Å²) in [5, 5.41) is 14.9. The summed E-state index contributed by atoms with van der Waals surface area (Å²) in [4.78, 5) is 26.5. The maximum absolute atomic E-state index is 12.5. The van der Waals surface area contributed by atoms with Crippen molar-refractivity contribution in [1.29, 1.82) is 0 Å². The molecule has 9 nitrogen and oxygen atoms in total. The SMILES string of the molecule is CCOC(=O)CNC(=O)Nc1cccc([C@@H]2O[C@H](CN(Cc3ccccc3)Cc3ccccc3)C[C@H](c3ccc(CO)cc3)O2)c1. The first kappa shape index (κ1) is 32.8. The Morgan fingerprint density at radius 1 is 0.826 bits per heavy atom. The van der Waals surface area contributed by atoms with Gasteiger partial charge in [0, 0.05) is 37.3 Å². The van der Waals surface area contributed by atoms with Gasteiger partial charge in [0.15, 0.2) is 6.29 Å². The van der Waals surface area contributed by atoms with Gasteiger partial charge in [0.2, 0.25) is 0 Å². The minimum absolute atomic E-state index is 0.0265. The van der Waals surface area contributed by atoms with Gasteiger partial charge in [-0.25, -0.2) is 4.79 Å². The van der Waals surface area contributed by atoms with Crippen molar-refractivity contribution < 1.29 is 28.9 Å². The second-order valence-corrected chi connectivity index (χ2v) is 11.2. The molecule has 5 rings (SSSR count). The van der Waals surface area contributed by atoms with E-state index in [0.717, 1.165) is 29.8 Å². The second-order valence-electron chi connectivity index (χ2n) is 11.2. The van der Waals surface area contributed by atoms with Gasteiger partial charge in [-0.15, -0.1) is 0 Å². The number of rotatable bonds is 13. The minimum Gasteiger partial charge on any atom is -0.465 e. The van der Waals surface area contributed by atoms with E-state index >= 15 is 0 Å². The second kappa shape index (κ2) is 16.7. The van der Waals surface area contributed by atoms with E-state index in [4.69, 9.17) is 14.2 Å². The van der Waals surface area contributed by atoms with E-state index in [1.165, 1.54) is 11.1 Å². The molecule has 9 heteroatoms. The van der Waals surface area contributed by atoms with Crippen molar-refractivity contribution in [1.82, 2.24) is 10.2 Å². The highest BCUT2D eigenvalue weighted by atomic mass is 16.7. The summed E-state index contributed by atoms with van der Waals surface area (Å²) in [6.45, 7) is 3.89. The van der Waals surface area contributed by atoms with E-state index in [1.807, 2.05) is 54.6 Å². The van der Waals surface area contributed by atoms with E-state index in [9.17, 15) is 14.7 Å². The molecule has 0 radical (unpaired) electrons. The molecule has 0 aromatic heterocycles. The lowest BCUT2D eigenvalue weighted by Crippen LogP contribution is -2.39. The Morgan fingerprint density at radius 2 is 1.50 bits per heavy atom. The number of urea groups is 1. The van der Waals surface area contributed by atoms with Crippen LogP contribution in [0.3, 0.4) is 0 Å². The maximum atomic E-state index is 12.5. The molecule has 46 heavy (non-hydrogen) atoms. The number of hydrogen-bond donors (Lipinski definition) is 3. The number of carbonyl (C=O) groups is 2. The molecule has 0 aliphatic carbocycles. The van der Waals surface area contributed by atoms with Crippen molar-refractivity contribution in [2.24, 2.45) is 0 Å². The van der Waals surface area contributed by atoms with Crippen LogP contribution in [0.4, 0.5) is 10.5 Å². The largest absolute Gasteiger partial charge is 0.465 e. The Morgan fingerprint density at radius 3 is 2.13 bits per heavy atom. The summed E-state index contributed by atoms with van der Waals surface area (Å²) in [5.41, 5.74) is 5.56. The number of amides is 2. The molecule has 4 aromatic carbocycles. The fraction of sp³-hybridized carbons (Fsp3) is 0.297. The number of hydrogen-bond acceptors (Lipinski definition) is 7. The molecular formula is C37H41N3O6. The molecule has 0 bridgehead atoms. The van der Waals surface area contributed by atoms with Crippen molar-refractivity contribution in [3.8, 4) is 0 Å². The van der Waals surface area contributed by atoms with Crippen LogP contribution in [-0.4, -0.2) is 47.8 Å². The van der Waals surface area contributed by atoms with Gasteiger partial charge in [-0.2, -0.15) is 0 Å². The van der Waals surface area contributed by atoms with Gasteiger partial charge in [0.1, 0.15) is 6.54 Å². The topological polar surface area (TPSA) is 109 Å². The third-order valence-corrected chi connectivity index (χ3v) is 7.69. The van der Waals surface area contributed by atoms with Gasteiger partial charge in [-0.05, 0) is 41.3 Å². The smallest absolute Gasteiger partial charge is 0.325 e. The number of nitrogens with one attached hydrogen (secondary N) is 2. The van der Waals surface area contributed by atoms with Gasteiger partial charge >= 0.3 is 12.0 Å². The quantitative estimate of drug-likeness (QED) is 0.154. The Bertz CT molecular complexity index is 1490. The number of benzene rings is 4. The van der Waals surface area contributed by atoms with Crippen LogP contribution < -0.4 is 10.6 Å². The molecule has 4 aromatic rings. The summed E-state index contributed by atoms with van der Waals surface area (Å²) in [5.74, 6) is -0.506. The van der Waals surface area contributed by atoms with Crippen molar-refractivity contribution in [3.63, 3.8) is 0 Å². The van der Waals surface area contributed by atoms with Gasteiger partial charge in [0.25, 0.3) is 0 Å². The lowest BCUT2D eigenvalue weighted by Gasteiger charge is -2.38. The zero-order valence-electron chi connectivity index (χ0n) is 26.0. The molecule has 240 valence electrons. The van der Waals surface area contributed by atoms with Crippen LogP contribution in [0.2, 0.25) is 0 Å². The van der Waals surface area contributed by atoms with E-state index in [1.54, 1.807) is 13.0 Å². The van der Waals surface area contributed by atoms with Crippen LogP contribution in [0.25, 0.3) is 0 Å². The van der Waals surface area contributed by atoms with Crippen LogP contribution >= 0.6 is 0 Å². The third kappa shape index (κ3) is 9.73. The lowest BCUT2D eigenvalue weighted by molar-refractivity contribution is -0.253. The Balaban J connectivity index is 1.36. The van der Waals surface area contributed by atoms with E-state index < -0.39 is 18.3 Å². The predicted molar refractivity (Wildman–Crippen MR) is 176 cm³/mol. The highest BCUT2D eigenvalue weighted by molar-refractivity contribution is 5.91. The Hall–Kier alpha value is -4.54. The molecular weight excluding hydrogens is 582 g/mol. The number of aliphatic hydroxyl groups excluding tert-OH is 1. The zero-order valence-corrected chi connectivity index (χ0v) is 26.0. The van der Waals surface area contributed by atoms with Crippen LogP contribution in [0, 0.1) is 0 Å². The fourth-order valence-corrected chi connectivity index (χ4v) is 5.49. The summed E-state index contributed by atoms with van der Waals surface area (Å²) in [6.07, 6.45) is -0.473. The summed E-state index contributed by atoms with van der Waals surface area (Å²) >= 11 is 0. The molecule has 1 fully saturated rings. The van der Waals surface area contributed by atoms with E-state index in [-0.39, 0.29) is 32.0 Å². The molecule has 3 N–H and O–H groups in total. The normalized spacial score (nSPS) is 17.8. The molecule has 0 spiro atoms. The monoisotopic (exact) mass is 623 g/mol. The van der Waals surface area contributed by atoms with E-state index in [0.29, 0.717) is 18.7 Å². The van der Waals surface area contributed by atoms with Crippen molar-refractivity contribution >= 4 is 17.7 Å². The third-order valence-electron chi connectivity index (χ3n) is 7.69. The molecule has 2 amide bonds. The number of carbonyl (C=O) groups excluding carboxylic acids is 2. The average molecular weight is 624 g/mol. The van der Waals surface area contributed by atoms with Gasteiger partial charge in [0.05, 0.1) is 25.4 Å². The number of ether oxygens (including phenoxy) is 3. The maximum Gasteiger partial charge on any atom is 0.325 e. The standard InChI is InChI=1S/C37H41N3O6/c1-2-44-35(42)22-38-37(43)39-32-15-9-14-31(20-32)36-45-33(21-34(46-36)30-18-16-29(26-41)17-19-30)25-40(23-27-10-5-3-6-11-27)24-28-12-7-4-8-13-28/h3-20,33-34,36,41H,2,21-26H2,1H3,(H2,38,39,43)/t33-,34+,36+/m0/s1. The summed E-state index contributed by atoms with van der Waals surface area (Å²) < 4.78 is 18.1. The molecule has 3 atom stereocenters. The molecule has 0 unspecified atom stereocenters. The first-order chi connectivity index (χ1) is 22.5. The highest BCUT2D eigenvalue weighted by Crippen LogP contribution is 2.39. The first-order valence-electron chi connectivity index (χ1n) is 15.6. The number of nitrogens with zero attached hydrogens (tertiary/aromatic N) is 1. The lowest BCUT2D eigenvalue weighted by atomic mass is 9.99. The average Bonchev–Trinajstić information content (AvgIpc) is 3.08. The van der Waals surface area contributed by atoms with Crippen molar-refractivity contribution in [3.05, 3.63) is 137 Å². The fourth-order valence-electron chi connectivity index (χ4n) is 5.49. The number of esters is 1. The highest BCUT2D eigenvalue weighted by Gasteiger charge is 2.33. The van der Waals surface area contributed by atoms with Crippen LogP contribution in [0.15, 0.2) is 109 Å². The Labute approximate surface area is 270 Å². The number of aliphatic hydroxyl groups is 1. The van der Waals surface area contributed by atoms with Crippen molar-refractivity contribution in [2.45, 2.75) is 51.5 Å². The molecule has 1 saturated heterocycles. The van der Waals surface area contributed by atoms with Crippen molar-refractivity contribution in [2.75, 3.05) is 25.0 Å². The van der Waals surface area contributed by atoms with Crippen LogP contribution in [0.5, 0.6) is 0 Å². The predicted octanol–water partition coefficient (Wildman–Crippen LogP) is 6.11. The van der Waals surface area contributed by atoms with Gasteiger partial charge in [-0.1, -0.05) is 97.1 Å². The molecule has 1 aliphatic rings. The Kier molecular flexibility index (Phi) is 11.9. The molecule has 1 aliphatic heterocycles. The summed E-state index contributed by atoms with van der Waals surface area (Å²) in [6, 6.07) is 35.4. The van der Waals surface area contributed by atoms with Crippen LogP contribution in [-0.2, 0) is 38.7 Å². The van der Waals surface area contributed by atoms with Gasteiger partial charge in [-0.3, -0.25) is 9.69 Å². The minimum atomic E-state index is -0.694. The van der Waals surface area contributed by atoms with Gasteiger partial charge < -0.3 is 30.0 Å².